The van der Waals surface area contributed by atoms with E-state index in [4.69, 9.17) is 5.73 Å². The molecule has 3 nitrogen and oxygen atoms in total. The summed E-state index contributed by atoms with van der Waals surface area (Å²) in [5, 5.41) is 0. The Hall–Kier alpha value is -1.35. The summed E-state index contributed by atoms with van der Waals surface area (Å²) in [5.74, 6) is 0.0318. The number of benzene rings is 1. The van der Waals surface area contributed by atoms with Crippen LogP contribution in [0, 0.1) is 6.92 Å². The monoisotopic (exact) mass is 218 g/mol. The SMILES string of the molecule is Cc1cccc(N(C)C(=O)C2(N)CCC2)c1. The Morgan fingerprint density at radius 1 is 1.44 bits per heavy atom. The number of rotatable bonds is 2. The number of likely N-dealkylation sites (N-methyl/N-ethyl adjacent to an activating group) is 1. The Morgan fingerprint density at radius 3 is 2.62 bits per heavy atom. The summed E-state index contributed by atoms with van der Waals surface area (Å²) in [5.41, 5.74) is 7.49. The molecule has 0 saturated heterocycles. The fourth-order valence-corrected chi connectivity index (χ4v) is 2.06. The van der Waals surface area contributed by atoms with Gasteiger partial charge in [-0.3, -0.25) is 4.79 Å². The summed E-state index contributed by atoms with van der Waals surface area (Å²) >= 11 is 0. The zero-order chi connectivity index (χ0) is 11.8. The molecule has 0 aliphatic heterocycles. The van der Waals surface area contributed by atoms with Crippen molar-refractivity contribution in [2.75, 3.05) is 11.9 Å². The van der Waals surface area contributed by atoms with Gasteiger partial charge in [0.1, 0.15) is 0 Å². The Morgan fingerprint density at radius 2 is 2.12 bits per heavy atom. The van der Waals surface area contributed by atoms with Crippen LogP contribution in [0.25, 0.3) is 0 Å². The topological polar surface area (TPSA) is 46.3 Å². The fraction of sp³-hybridized carbons (Fsp3) is 0.462. The molecule has 0 aromatic heterocycles. The molecule has 0 radical (unpaired) electrons. The predicted octanol–water partition coefficient (Wildman–Crippen LogP) is 1.84. The number of carbonyl (C=O) groups is 1. The molecule has 2 rings (SSSR count). The summed E-state index contributed by atoms with van der Waals surface area (Å²) < 4.78 is 0. The Labute approximate surface area is 96.2 Å². The molecule has 0 heterocycles. The lowest BCUT2D eigenvalue weighted by molar-refractivity contribution is -0.126. The van der Waals surface area contributed by atoms with Crippen molar-refractivity contribution < 1.29 is 4.79 Å². The summed E-state index contributed by atoms with van der Waals surface area (Å²) in [6.07, 6.45) is 2.67. The second-order valence-electron chi connectivity index (χ2n) is 4.71. The molecule has 0 bridgehead atoms. The zero-order valence-electron chi connectivity index (χ0n) is 9.86. The molecule has 1 aliphatic rings. The number of hydrogen-bond donors (Lipinski definition) is 1. The molecule has 1 aromatic carbocycles. The van der Waals surface area contributed by atoms with Gasteiger partial charge in [-0.1, -0.05) is 12.1 Å². The van der Waals surface area contributed by atoms with Crippen LogP contribution >= 0.6 is 0 Å². The highest BCUT2D eigenvalue weighted by atomic mass is 16.2. The van der Waals surface area contributed by atoms with Crippen LogP contribution in [-0.2, 0) is 4.79 Å². The lowest BCUT2D eigenvalue weighted by atomic mass is 9.76. The minimum atomic E-state index is -0.613. The van der Waals surface area contributed by atoms with Gasteiger partial charge in [-0.25, -0.2) is 0 Å². The number of nitrogens with zero attached hydrogens (tertiary/aromatic N) is 1. The first-order valence-corrected chi connectivity index (χ1v) is 5.67. The first-order chi connectivity index (χ1) is 7.53. The van der Waals surface area contributed by atoms with E-state index in [0.29, 0.717) is 0 Å². The Kier molecular flexibility index (Phi) is 2.72. The lowest BCUT2D eigenvalue weighted by Crippen LogP contribution is -2.59. The smallest absolute Gasteiger partial charge is 0.246 e. The first-order valence-electron chi connectivity index (χ1n) is 5.67. The van der Waals surface area contributed by atoms with Crippen LogP contribution in [0.5, 0.6) is 0 Å². The molecule has 1 fully saturated rings. The minimum Gasteiger partial charge on any atom is -0.317 e. The van der Waals surface area contributed by atoms with E-state index in [-0.39, 0.29) is 5.91 Å². The van der Waals surface area contributed by atoms with Crippen molar-refractivity contribution in [3.05, 3.63) is 29.8 Å². The first kappa shape index (κ1) is 11.1. The average Bonchev–Trinajstić information content (AvgIpc) is 2.24. The van der Waals surface area contributed by atoms with E-state index in [1.807, 2.05) is 31.2 Å². The highest BCUT2D eigenvalue weighted by Gasteiger charge is 2.42. The number of hydrogen-bond acceptors (Lipinski definition) is 2. The molecular formula is C13H18N2O. The van der Waals surface area contributed by atoms with Gasteiger partial charge in [0.2, 0.25) is 5.91 Å². The van der Waals surface area contributed by atoms with Crippen molar-refractivity contribution in [1.82, 2.24) is 0 Å². The van der Waals surface area contributed by atoms with Gasteiger partial charge in [-0.15, -0.1) is 0 Å². The molecule has 1 aliphatic carbocycles. The van der Waals surface area contributed by atoms with E-state index in [2.05, 4.69) is 0 Å². The van der Waals surface area contributed by atoms with Gasteiger partial charge >= 0.3 is 0 Å². The van der Waals surface area contributed by atoms with Gasteiger partial charge in [-0.2, -0.15) is 0 Å². The molecular weight excluding hydrogens is 200 g/mol. The van der Waals surface area contributed by atoms with Crippen molar-refractivity contribution in [3.8, 4) is 0 Å². The third kappa shape index (κ3) is 1.83. The largest absolute Gasteiger partial charge is 0.317 e. The summed E-state index contributed by atoms with van der Waals surface area (Å²) in [6.45, 7) is 2.02. The van der Waals surface area contributed by atoms with E-state index < -0.39 is 5.54 Å². The number of anilines is 1. The second-order valence-corrected chi connectivity index (χ2v) is 4.71. The lowest BCUT2D eigenvalue weighted by Gasteiger charge is -2.39. The van der Waals surface area contributed by atoms with Crippen LogP contribution < -0.4 is 10.6 Å². The molecule has 3 heteroatoms. The van der Waals surface area contributed by atoms with Gasteiger partial charge in [0.25, 0.3) is 0 Å². The van der Waals surface area contributed by atoms with E-state index in [0.717, 1.165) is 30.5 Å². The van der Waals surface area contributed by atoms with Crippen LogP contribution in [-0.4, -0.2) is 18.5 Å². The predicted molar refractivity (Wildman–Crippen MR) is 65.4 cm³/mol. The molecule has 86 valence electrons. The van der Waals surface area contributed by atoms with Gasteiger partial charge in [-0.05, 0) is 43.9 Å². The van der Waals surface area contributed by atoms with Crippen LogP contribution in [0.2, 0.25) is 0 Å². The van der Waals surface area contributed by atoms with Crippen LogP contribution in [0.3, 0.4) is 0 Å². The van der Waals surface area contributed by atoms with Crippen molar-refractivity contribution in [3.63, 3.8) is 0 Å². The molecule has 0 unspecified atom stereocenters. The maximum Gasteiger partial charge on any atom is 0.246 e. The van der Waals surface area contributed by atoms with Gasteiger partial charge < -0.3 is 10.6 Å². The number of aryl methyl sites for hydroxylation is 1. The van der Waals surface area contributed by atoms with Gasteiger partial charge in [0, 0.05) is 12.7 Å². The van der Waals surface area contributed by atoms with Gasteiger partial charge in [0.05, 0.1) is 5.54 Å². The minimum absolute atomic E-state index is 0.0318. The summed E-state index contributed by atoms with van der Waals surface area (Å²) in [6, 6.07) is 7.91. The van der Waals surface area contributed by atoms with Crippen LogP contribution in [0.15, 0.2) is 24.3 Å². The zero-order valence-corrected chi connectivity index (χ0v) is 9.86. The van der Waals surface area contributed by atoms with E-state index >= 15 is 0 Å². The Bertz CT molecular complexity index is 410. The number of amides is 1. The van der Waals surface area contributed by atoms with E-state index in [1.54, 1.807) is 11.9 Å². The van der Waals surface area contributed by atoms with E-state index in [1.165, 1.54) is 0 Å². The maximum absolute atomic E-state index is 12.2. The average molecular weight is 218 g/mol. The number of carbonyl (C=O) groups excluding carboxylic acids is 1. The second kappa shape index (κ2) is 3.91. The van der Waals surface area contributed by atoms with Crippen LogP contribution in [0.1, 0.15) is 24.8 Å². The van der Waals surface area contributed by atoms with Crippen molar-refractivity contribution in [2.24, 2.45) is 5.73 Å². The molecule has 1 aromatic rings. The summed E-state index contributed by atoms with van der Waals surface area (Å²) in [4.78, 5) is 13.8. The molecule has 1 amide bonds. The fourth-order valence-electron chi connectivity index (χ4n) is 2.06. The Balaban J connectivity index is 2.18. The summed E-state index contributed by atoms with van der Waals surface area (Å²) in [7, 11) is 1.80. The quantitative estimate of drug-likeness (QED) is 0.823. The van der Waals surface area contributed by atoms with Crippen molar-refractivity contribution in [2.45, 2.75) is 31.7 Å². The maximum atomic E-state index is 12.2. The molecule has 2 N–H and O–H groups in total. The van der Waals surface area contributed by atoms with Crippen LogP contribution in [0.4, 0.5) is 5.69 Å². The molecule has 16 heavy (non-hydrogen) atoms. The molecule has 0 atom stereocenters. The normalized spacial score (nSPS) is 17.7. The molecule has 1 saturated carbocycles. The third-order valence-electron chi connectivity index (χ3n) is 3.37. The standard InChI is InChI=1S/C13H18N2O/c1-10-5-3-6-11(9-10)15(2)12(16)13(14)7-4-8-13/h3,5-6,9H,4,7-8,14H2,1-2H3. The van der Waals surface area contributed by atoms with Crippen molar-refractivity contribution >= 4 is 11.6 Å². The van der Waals surface area contributed by atoms with Crippen molar-refractivity contribution in [1.29, 1.82) is 0 Å². The van der Waals surface area contributed by atoms with E-state index in [9.17, 15) is 4.79 Å². The molecule has 0 spiro atoms. The highest BCUT2D eigenvalue weighted by molar-refractivity contribution is 6.00. The number of nitrogens with two attached hydrogens (primary N) is 1. The van der Waals surface area contributed by atoms with Gasteiger partial charge in [0.15, 0.2) is 0 Å². The third-order valence-corrected chi connectivity index (χ3v) is 3.37. The highest BCUT2D eigenvalue weighted by Crippen LogP contribution is 2.32.